The molecule has 0 aromatic carbocycles. The number of aryl methyl sites for hydroxylation is 1. The van der Waals surface area contributed by atoms with Crippen LogP contribution in [-0.2, 0) is 17.6 Å². The van der Waals surface area contributed by atoms with Gasteiger partial charge in [-0.25, -0.2) is 9.97 Å². The van der Waals surface area contributed by atoms with Gasteiger partial charge >= 0.3 is 0 Å². The molecule has 2 aromatic rings. The summed E-state index contributed by atoms with van der Waals surface area (Å²) < 4.78 is 11.1. The Morgan fingerprint density at radius 3 is 2.68 bits per heavy atom. The third-order valence-corrected chi connectivity index (χ3v) is 5.50. The monoisotopic (exact) mass is 341 g/mol. The lowest BCUT2D eigenvalue weighted by Gasteiger charge is -2.21. The van der Waals surface area contributed by atoms with Crippen molar-refractivity contribution in [2.45, 2.75) is 50.9 Å². The van der Waals surface area contributed by atoms with Crippen molar-refractivity contribution in [2.24, 2.45) is 0 Å². The van der Waals surface area contributed by atoms with Crippen LogP contribution in [0, 0.1) is 0 Å². The number of anilines is 1. The quantitative estimate of drug-likeness (QED) is 0.849. The highest BCUT2D eigenvalue weighted by Crippen LogP contribution is 2.32. The van der Waals surface area contributed by atoms with Crippen molar-refractivity contribution in [1.82, 2.24) is 20.1 Å². The molecule has 7 nitrogen and oxygen atoms in total. The minimum Gasteiger partial charge on any atom is -0.381 e. The van der Waals surface area contributed by atoms with E-state index in [0.29, 0.717) is 12.5 Å². The van der Waals surface area contributed by atoms with Crippen LogP contribution in [0.5, 0.6) is 0 Å². The zero-order valence-corrected chi connectivity index (χ0v) is 14.4. The predicted molar refractivity (Wildman–Crippen MR) is 91.6 cm³/mol. The predicted octanol–water partition coefficient (Wildman–Crippen LogP) is 2.51. The molecule has 4 heterocycles. The molecule has 0 radical (unpaired) electrons. The molecule has 0 N–H and O–H groups in total. The van der Waals surface area contributed by atoms with Gasteiger partial charge < -0.3 is 14.2 Å². The molecule has 25 heavy (non-hydrogen) atoms. The van der Waals surface area contributed by atoms with Crippen molar-refractivity contribution in [2.75, 3.05) is 31.2 Å². The van der Waals surface area contributed by atoms with E-state index >= 15 is 0 Å². The fourth-order valence-electron chi connectivity index (χ4n) is 4.05. The summed E-state index contributed by atoms with van der Waals surface area (Å²) in [6.45, 7) is 3.52. The van der Waals surface area contributed by atoms with Crippen LogP contribution >= 0.6 is 0 Å². The van der Waals surface area contributed by atoms with Gasteiger partial charge in [0, 0.05) is 36.9 Å². The normalized spacial score (nSPS) is 23.2. The summed E-state index contributed by atoms with van der Waals surface area (Å²) in [6.07, 6.45) is 7.75. The van der Waals surface area contributed by atoms with Gasteiger partial charge in [0.15, 0.2) is 5.82 Å². The van der Waals surface area contributed by atoms with E-state index in [-0.39, 0.29) is 5.92 Å². The number of hydrogen-bond donors (Lipinski definition) is 0. The number of aromatic nitrogens is 4. The molecule has 2 aromatic heterocycles. The third-order valence-electron chi connectivity index (χ3n) is 5.50. The average molecular weight is 341 g/mol. The smallest absolute Gasteiger partial charge is 0.277 e. The molecule has 2 fully saturated rings. The Hall–Kier alpha value is -2.02. The van der Waals surface area contributed by atoms with Crippen molar-refractivity contribution in [3.05, 3.63) is 17.1 Å². The summed E-state index contributed by atoms with van der Waals surface area (Å²) in [5.74, 6) is 2.37. The zero-order valence-electron chi connectivity index (χ0n) is 14.4. The van der Waals surface area contributed by atoms with Crippen LogP contribution < -0.4 is 4.90 Å². The van der Waals surface area contributed by atoms with E-state index in [4.69, 9.17) is 19.2 Å². The van der Waals surface area contributed by atoms with Crippen molar-refractivity contribution in [3.8, 4) is 11.6 Å². The van der Waals surface area contributed by atoms with Gasteiger partial charge in [0.2, 0.25) is 5.95 Å². The number of fused-ring (bicyclic) bond motifs is 1. The van der Waals surface area contributed by atoms with Crippen molar-refractivity contribution < 1.29 is 9.26 Å². The Balaban J connectivity index is 1.55. The molecule has 1 aliphatic carbocycles. The molecule has 3 aliphatic rings. The molecule has 7 heteroatoms. The molecule has 2 saturated heterocycles. The standard InChI is InChI=1S/C18H23N5O2/c1-2-6-14-13(5-1)15(20-18(19-14)23-8-3-4-9-23)17-21-16(22-25-17)12-7-10-24-11-12/h12H,1-11H2/t12-/m1/s1. The van der Waals surface area contributed by atoms with Crippen LogP contribution in [0.1, 0.15) is 55.1 Å². The maximum Gasteiger partial charge on any atom is 0.277 e. The maximum atomic E-state index is 5.62. The van der Waals surface area contributed by atoms with Gasteiger partial charge in [0.05, 0.1) is 6.61 Å². The van der Waals surface area contributed by atoms with Crippen molar-refractivity contribution in [1.29, 1.82) is 0 Å². The summed E-state index contributed by atoms with van der Waals surface area (Å²) in [7, 11) is 0. The molecule has 0 saturated carbocycles. The van der Waals surface area contributed by atoms with E-state index in [1.54, 1.807) is 0 Å². The Labute approximate surface area is 146 Å². The second-order valence-electron chi connectivity index (χ2n) is 7.22. The molecular weight excluding hydrogens is 318 g/mol. The van der Waals surface area contributed by atoms with Crippen LogP contribution in [0.2, 0.25) is 0 Å². The molecule has 1 atom stereocenters. The van der Waals surface area contributed by atoms with Gasteiger partial charge in [-0.15, -0.1) is 0 Å². The minimum atomic E-state index is 0.244. The fraction of sp³-hybridized carbons (Fsp3) is 0.667. The highest BCUT2D eigenvalue weighted by Gasteiger charge is 2.28. The molecule has 0 unspecified atom stereocenters. The molecule has 0 spiro atoms. The minimum absolute atomic E-state index is 0.244. The first-order valence-electron chi connectivity index (χ1n) is 9.45. The van der Waals surface area contributed by atoms with E-state index < -0.39 is 0 Å². The van der Waals surface area contributed by atoms with E-state index in [0.717, 1.165) is 56.4 Å². The van der Waals surface area contributed by atoms with E-state index in [9.17, 15) is 0 Å². The number of nitrogens with zero attached hydrogens (tertiary/aromatic N) is 5. The molecule has 0 bridgehead atoms. The fourth-order valence-corrected chi connectivity index (χ4v) is 4.05. The van der Waals surface area contributed by atoms with Crippen molar-refractivity contribution in [3.63, 3.8) is 0 Å². The highest BCUT2D eigenvalue weighted by molar-refractivity contribution is 5.58. The molecule has 5 rings (SSSR count). The van der Waals surface area contributed by atoms with E-state index in [1.807, 2.05) is 0 Å². The maximum absolute atomic E-state index is 5.62. The topological polar surface area (TPSA) is 77.2 Å². The highest BCUT2D eigenvalue weighted by atomic mass is 16.5. The Bertz CT molecular complexity index is 763. The first-order chi connectivity index (χ1) is 12.4. The van der Waals surface area contributed by atoms with E-state index in [1.165, 1.54) is 36.9 Å². The lowest BCUT2D eigenvalue weighted by Crippen LogP contribution is -2.23. The average Bonchev–Trinajstić information content (AvgIpc) is 3.43. The van der Waals surface area contributed by atoms with Gasteiger partial charge in [0.25, 0.3) is 5.89 Å². The van der Waals surface area contributed by atoms with Crippen LogP contribution in [0.4, 0.5) is 5.95 Å². The van der Waals surface area contributed by atoms with Gasteiger partial charge in [-0.05, 0) is 44.9 Å². The summed E-state index contributed by atoms with van der Waals surface area (Å²) in [5.41, 5.74) is 3.22. The second-order valence-corrected chi connectivity index (χ2v) is 7.22. The summed E-state index contributed by atoms with van der Waals surface area (Å²) in [4.78, 5) is 16.7. The number of hydrogen-bond acceptors (Lipinski definition) is 7. The Kier molecular flexibility index (Phi) is 3.88. The SMILES string of the molecule is C1CCc2c(nc(N3CCCC3)nc2-c2nc([C@@H]3CCOC3)no2)C1. The third kappa shape index (κ3) is 2.80. The summed E-state index contributed by atoms with van der Waals surface area (Å²) >= 11 is 0. The zero-order chi connectivity index (χ0) is 16.6. The second kappa shape index (κ2) is 6.37. The van der Waals surface area contributed by atoms with E-state index in [2.05, 4.69) is 15.0 Å². The number of rotatable bonds is 3. The molecule has 0 amide bonds. The van der Waals surface area contributed by atoms with Crippen LogP contribution in [0.15, 0.2) is 4.52 Å². The van der Waals surface area contributed by atoms with Crippen LogP contribution in [0.25, 0.3) is 11.6 Å². The largest absolute Gasteiger partial charge is 0.381 e. The van der Waals surface area contributed by atoms with Crippen molar-refractivity contribution >= 4 is 5.95 Å². The molecule has 132 valence electrons. The van der Waals surface area contributed by atoms with Gasteiger partial charge in [-0.1, -0.05) is 5.16 Å². The Morgan fingerprint density at radius 1 is 0.960 bits per heavy atom. The first-order valence-corrected chi connectivity index (χ1v) is 9.45. The lowest BCUT2D eigenvalue weighted by atomic mass is 9.94. The summed E-state index contributed by atoms with van der Waals surface area (Å²) in [5, 5.41) is 4.21. The van der Waals surface area contributed by atoms with Crippen LogP contribution in [-0.4, -0.2) is 46.4 Å². The Morgan fingerprint density at radius 2 is 1.84 bits per heavy atom. The van der Waals surface area contributed by atoms with Gasteiger partial charge in [-0.2, -0.15) is 4.98 Å². The molecule has 2 aliphatic heterocycles. The summed E-state index contributed by atoms with van der Waals surface area (Å²) in [6, 6.07) is 0. The van der Waals surface area contributed by atoms with Gasteiger partial charge in [0.1, 0.15) is 5.69 Å². The number of ether oxygens (including phenoxy) is 1. The first kappa shape index (κ1) is 15.3. The van der Waals surface area contributed by atoms with Gasteiger partial charge in [-0.3, -0.25) is 0 Å². The lowest BCUT2D eigenvalue weighted by molar-refractivity contribution is 0.192. The van der Waals surface area contributed by atoms with Crippen LogP contribution in [0.3, 0.4) is 0 Å². The molecular formula is C18H23N5O2.